The third-order valence-corrected chi connectivity index (χ3v) is 8.31. The van der Waals surface area contributed by atoms with Gasteiger partial charge in [0.2, 0.25) is 0 Å². The fourth-order valence-electron chi connectivity index (χ4n) is 5.43. The summed E-state index contributed by atoms with van der Waals surface area (Å²) in [4.78, 5) is 24.2. The summed E-state index contributed by atoms with van der Waals surface area (Å²) in [6, 6.07) is 0. The van der Waals surface area contributed by atoms with Crippen LogP contribution in [-0.2, 0) is 19.1 Å². The Hall–Kier alpha value is -1.36. The quantitative estimate of drug-likeness (QED) is 0.0447. The second kappa shape index (κ2) is 35.1. The van der Waals surface area contributed by atoms with E-state index in [0.29, 0.717) is 12.8 Å². The Kier molecular flexibility index (Phi) is 34.0. The molecule has 1 N–H and O–H groups in total. The molecule has 0 aromatic heterocycles. The highest BCUT2D eigenvalue weighted by Gasteiger charge is 2.16. The molecular weight excluding hydrogens is 536 g/mol. The van der Waals surface area contributed by atoms with Crippen molar-refractivity contribution in [3.05, 3.63) is 12.2 Å². The monoisotopic (exact) mass is 609 g/mol. The Bertz CT molecular complexity index is 617. The van der Waals surface area contributed by atoms with E-state index < -0.39 is 6.10 Å². The largest absolute Gasteiger partial charge is 0.462 e. The van der Waals surface area contributed by atoms with Gasteiger partial charge in [-0.15, -0.1) is 0 Å². The molecule has 0 saturated heterocycles. The third kappa shape index (κ3) is 33.4. The summed E-state index contributed by atoms with van der Waals surface area (Å²) in [5, 5.41) is 9.52. The average molecular weight is 609 g/mol. The number of allylic oxidation sites excluding steroid dienone is 2. The van der Waals surface area contributed by atoms with Gasteiger partial charge in [-0.2, -0.15) is 0 Å². The molecule has 5 nitrogen and oxygen atoms in total. The first kappa shape index (κ1) is 41.6. The maximum atomic E-state index is 12.1. The van der Waals surface area contributed by atoms with E-state index in [1.165, 1.54) is 135 Å². The van der Waals surface area contributed by atoms with E-state index in [2.05, 4.69) is 26.0 Å². The van der Waals surface area contributed by atoms with Gasteiger partial charge in [-0.05, 0) is 38.5 Å². The number of hydrogen-bond acceptors (Lipinski definition) is 5. The lowest BCUT2D eigenvalue weighted by atomic mass is 10.0. The lowest BCUT2D eigenvalue weighted by Gasteiger charge is -2.15. The fraction of sp³-hybridized carbons (Fsp3) is 0.895. The van der Waals surface area contributed by atoms with Crippen LogP contribution >= 0.6 is 0 Å². The molecule has 0 fully saturated rings. The Morgan fingerprint density at radius 2 is 0.860 bits per heavy atom. The number of rotatable bonds is 34. The zero-order valence-corrected chi connectivity index (χ0v) is 28.7. The molecule has 0 radical (unpaired) electrons. The smallest absolute Gasteiger partial charge is 0.306 e. The first-order valence-corrected chi connectivity index (χ1v) is 18.7. The Morgan fingerprint density at radius 3 is 1.26 bits per heavy atom. The Balaban J connectivity index is 3.53. The van der Waals surface area contributed by atoms with Gasteiger partial charge in [0.1, 0.15) is 6.61 Å². The molecular formula is C38H72O5. The minimum atomic E-state index is -0.765. The summed E-state index contributed by atoms with van der Waals surface area (Å²) in [6.07, 6.45) is 38.4. The molecule has 254 valence electrons. The van der Waals surface area contributed by atoms with E-state index in [9.17, 15) is 14.7 Å². The van der Waals surface area contributed by atoms with Gasteiger partial charge >= 0.3 is 11.9 Å². The predicted molar refractivity (Wildman–Crippen MR) is 182 cm³/mol. The molecule has 43 heavy (non-hydrogen) atoms. The van der Waals surface area contributed by atoms with Gasteiger partial charge in [0.05, 0.1) is 6.61 Å². The first-order chi connectivity index (χ1) is 21.1. The number of aliphatic hydroxyl groups is 1. The molecule has 0 aromatic carbocycles. The molecule has 0 heterocycles. The minimum absolute atomic E-state index is 0.0626. The van der Waals surface area contributed by atoms with Crippen molar-refractivity contribution in [2.24, 2.45) is 0 Å². The van der Waals surface area contributed by atoms with Crippen molar-refractivity contribution >= 4 is 11.9 Å². The number of unbranched alkanes of at least 4 members (excludes halogenated alkanes) is 24. The summed E-state index contributed by atoms with van der Waals surface area (Å²) in [6.45, 7) is 4.13. The normalized spacial score (nSPS) is 12.2. The summed E-state index contributed by atoms with van der Waals surface area (Å²) < 4.78 is 10.6. The maximum absolute atomic E-state index is 12.1. The van der Waals surface area contributed by atoms with Crippen molar-refractivity contribution in [1.29, 1.82) is 0 Å². The first-order valence-electron chi connectivity index (χ1n) is 18.7. The number of carbonyl (C=O) groups excluding carboxylic acids is 2. The summed E-state index contributed by atoms with van der Waals surface area (Å²) in [5.41, 5.74) is 0. The van der Waals surface area contributed by atoms with E-state index in [-0.39, 0.29) is 25.2 Å². The molecule has 0 saturated carbocycles. The molecule has 0 aliphatic rings. The minimum Gasteiger partial charge on any atom is -0.462 e. The van der Waals surface area contributed by atoms with Crippen LogP contribution in [0.15, 0.2) is 12.2 Å². The van der Waals surface area contributed by atoms with Crippen molar-refractivity contribution in [3.8, 4) is 0 Å². The Labute approximate surface area is 267 Å². The topological polar surface area (TPSA) is 72.8 Å². The maximum Gasteiger partial charge on any atom is 0.306 e. The van der Waals surface area contributed by atoms with Gasteiger partial charge in [0.25, 0.3) is 0 Å². The molecule has 0 aliphatic carbocycles. The summed E-state index contributed by atoms with van der Waals surface area (Å²) in [5.74, 6) is -0.588. The molecule has 0 aliphatic heterocycles. The van der Waals surface area contributed by atoms with Crippen molar-refractivity contribution < 1.29 is 24.2 Å². The lowest BCUT2D eigenvalue weighted by molar-refractivity contribution is -0.161. The second-order valence-electron chi connectivity index (χ2n) is 12.7. The van der Waals surface area contributed by atoms with Gasteiger partial charge in [-0.25, -0.2) is 0 Å². The average Bonchev–Trinajstić information content (AvgIpc) is 3.01. The van der Waals surface area contributed by atoms with Crippen molar-refractivity contribution in [2.75, 3.05) is 13.2 Å². The molecule has 0 amide bonds. The van der Waals surface area contributed by atoms with Crippen LogP contribution in [0.1, 0.15) is 200 Å². The predicted octanol–water partition coefficient (Wildman–Crippen LogP) is 11.3. The molecule has 5 heteroatoms. The molecule has 1 atom stereocenters. The van der Waals surface area contributed by atoms with E-state index >= 15 is 0 Å². The summed E-state index contributed by atoms with van der Waals surface area (Å²) in [7, 11) is 0. The summed E-state index contributed by atoms with van der Waals surface area (Å²) >= 11 is 0. The third-order valence-electron chi connectivity index (χ3n) is 8.31. The number of hydrogen-bond donors (Lipinski definition) is 1. The molecule has 0 aromatic rings. The van der Waals surface area contributed by atoms with Gasteiger partial charge in [-0.3, -0.25) is 9.59 Å². The number of aliphatic hydroxyl groups excluding tert-OH is 1. The highest BCUT2D eigenvalue weighted by Crippen LogP contribution is 2.14. The Morgan fingerprint density at radius 1 is 0.512 bits per heavy atom. The molecule has 0 bridgehead atoms. The van der Waals surface area contributed by atoms with Crippen molar-refractivity contribution in [1.82, 2.24) is 0 Å². The zero-order chi connectivity index (χ0) is 31.5. The SMILES string of the molecule is CCCCCCCC/C=C\CCCCCCCCCC(=O)OC[C@H](CO)OC(=O)CCCCCCCCCCCCCC. The fourth-order valence-corrected chi connectivity index (χ4v) is 5.43. The van der Waals surface area contributed by atoms with Gasteiger partial charge < -0.3 is 14.6 Å². The van der Waals surface area contributed by atoms with Crippen LogP contribution in [0.5, 0.6) is 0 Å². The van der Waals surface area contributed by atoms with Crippen LogP contribution < -0.4 is 0 Å². The highest BCUT2D eigenvalue weighted by atomic mass is 16.6. The van der Waals surface area contributed by atoms with Crippen LogP contribution in [0.4, 0.5) is 0 Å². The number of ether oxygens (including phenoxy) is 2. The van der Waals surface area contributed by atoms with Gasteiger partial charge in [-0.1, -0.05) is 161 Å². The number of carbonyl (C=O) groups is 2. The molecule has 0 rings (SSSR count). The lowest BCUT2D eigenvalue weighted by Crippen LogP contribution is -2.28. The number of esters is 2. The van der Waals surface area contributed by atoms with Gasteiger partial charge in [0, 0.05) is 12.8 Å². The van der Waals surface area contributed by atoms with E-state index in [0.717, 1.165) is 38.5 Å². The highest BCUT2D eigenvalue weighted by molar-refractivity contribution is 5.70. The van der Waals surface area contributed by atoms with Crippen molar-refractivity contribution in [2.45, 2.75) is 206 Å². The van der Waals surface area contributed by atoms with Crippen LogP contribution in [0.3, 0.4) is 0 Å². The van der Waals surface area contributed by atoms with Crippen LogP contribution in [0, 0.1) is 0 Å². The van der Waals surface area contributed by atoms with Crippen LogP contribution in [0.25, 0.3) is 0 Å². The second-order valence-corrected chi connectivity index (χ2v) is 12.7. The van der Waals surface area contributed by atoms with E-state index in [1.54, 1.807) is 0 Å². The zero-order valence-electron chi connectivity index (χ0n) is 28.7. The van der Waals surface area contributed by atoms with E-state index in [4.69, 9.17) is 9.47 Å². The van der Waals surface area contributed by atoms with Gasteiger partial charge in [0.15, 0.2) is 6.10 Å². The molecule has 0 unspecified atom stereocenters. The standard InChI is InChI=1S/C38H72O5/c1-3-5-7-9-11-13-15-17-18-19-20-21-23-24-26-28-30-32-37(40)42-35-36(34-39)43-38(41)33-31-29-27-25-22-16-14-12-10-8-6-4-2/h17-18,36,39H,3-16,19-35H2,1-2H3/b18-17-/t36-/m0/s1. The molecule has 0 spiro atoms. The van der Waals surface area contributed by atoms with E-state index in [1.807, 2.05) is 0 Å². The van der Waals surface area contributed by atoms with Crippen LogP contribution in [0.2, 0.25) is 0 Å². The van der Waals surface area contributed by atoms with Crippen molar-refractivity contribution in [3.63, 3.8) is 0 Å². The van der Waals surface area contributed by atoms with Crippen LogP contribution in [-0.4, -0.2) is 36.4 Å².